The van der Waals surface area contributed by atoms with Crippen molar-refractivity contribution < 1.29 is 9.53 Å². The van der Waals surface area contributed by atoms with Crippen LogP contribution in [0.5, 0.6) is 5.75 Å². The summed E-state index contributed by atoms with van der Waals surface area (Å²) >= 11 is 0. The Hall–Kier alpha value is -1.55. The van der Waals surface area contributed by atoms with Crippen molar-refractivity contribution in [1.29, 1.82) is 0 Å². The fourth-order valence-corrected chi connectivity index (χ4v) is 2.26. The van der Waals surface area contributed by atoms with E-state index in [1.54, 1.807) is 7.11 Å². The fraction of sp³-hybridized carbons (Fsp3) is 0.500. The Bertz CT molecular complexity index is 420. The van der Waals surface area contributed by atoms with E-state index in [0.29, 0.717) is 12.5 Å². The summed E-state index contributed by atoms with van der Waals surface area (Å²) in [5, 5.41) is 6.23. The van der Waals surface area contributed by atoms with Crippen molar-refractivity contribution >= 4 is 5.91 Å². The summed E-state index contributed by atoms with van der Waals surface area (Å²) in [7, 11) is 1.64. The van der Waals surface area contributed by atoms with Gasteiger partial charge in [0.25, 0.3) is 0 Å². The number of rotatable bonds is 4. The highest BCUT2D eigenvalue weighted by molar-refractivity contribution is 5.79. The standard InChI is InChI=1S/C14H20N2O2/c1-10-7-15-9-13(10)14(17)16-8-11-4-3-5-12(6-11)18-2/h3-6,10,13,15H,7-9H2,1-2H3,(H,16,17). The van der Waals surface area contributed by atoms with Crippen molar-refractivity contribution in [3.63, 3.8) is 0 Å². The van der Waals surface area contributed by atoms with Crippen LogP contribution in [-0.2, 0) is 11.3 Å². The van der Waals surface area contributed by atoms with E-state index >= 15 is 0 Å². The summed E-state index contributed by atoms with van der Waals surface area (Å²) in [4.78, 5) is 12.0. The van der Waals surface area contributed by atoms with E-state index in [9.17, 15) is 4.79 Å². The number of carbonyl (C=O) groups excluding carboxylic acids is 1. The van der Waals surface area contributed by atoms with Gasteiger partial charge >= 0.3 is 0 Å². The molecule has 1 aromatic rings. The zero-order chi connectivity index (χ0) is 13.0. The molecule has 2 rings (SSSR count). The van der Waals surface area contributed by atoms with Crippen LogP contribution < -0.4 is 15.4 Å². The predicted molar refractivity (Wildman–Crippen MR) is 70.4 cm³/mol. The summed E-state index contributed by atoms with van der Waals surface area (Å²) in [5.41, 5.74) is 1.06. The summed E-state index contributed by atoms with van der Waals surface area (Å²) in [6, 6.07) is 7.75. The molecule has 0 saturated carbocycles. The van der Waals surface area contributed by atoms with E-state index in [-0.39, 0.29) is 11.8 Å². The molecule has 2 N–H and O–H groups in total. The largest absolute Gasteiger partial charge is 0.497 e. The second kappa shape index (κ2) is 5.87. The van der Waals surface area contributed by atoms with Gasteiger partial charge in [0.1, 0.15) is 5.75 Å². The molecule has 0 spiro atoms. The molecular formula is C14H20N2O2. The van der Waals surface area contributed by atoms with Crippen LogP contribution in [0.3, 0.4) is 0 Å². The van der Waals surface area contributed by atoms with E-state index in [2.05, 4.69) is 17.6 Å². The molecule has 1 heterocycles. The summed E-state index contributed by atoms with van der Waals surface area (Å²) in [6.07, 6.45) is 0. The molecule has 0 aromatic heterocycles. The monoisotopic (exact) mass is 248 g/mol. The summed E-state index contributed by atoms with van der Waals surface area (Å²) < 4.78 is 5.16. The van der Waals surface area contributed by atoms with Crippen molar-refractivity contribution in [1.82, 2.24) is 10.6 Å². The lowest BCUT2D eigenvalue weighted by molar-refractivity contribution is -0.125. The average molecular weight is 248 g/mol. The Labute approximate surface area is 108 Å². The van der Waals surface area contributed by atoms with E-state index in [1.807, 2.05) is 24.3 Å². The van der Waals surface area contributed by atoms with Crippen molar-refractivity contribution in [3.8, 4) is 5.75 Å². The van der Waals surface area contributed by atoms with E-state index in [4.69, 9.17) is 4.74 Å². The average Bonchev–Trinajstić information content (AvgIpc) is 2.82. The highest BCUT2D eigenvalue weighted by Gasteiger charge is 2.29. The first-order valence-electron chi connectivity index (χ1n) is 6.32. The zero-order valence-electron chi connectivity index (χ0n) is 10.9. The van der Waals surface area contributed by atoms with Crippen molar-refractivity contribution in [3.05, 3.63) is 29.8 Å². The molecule has 1 aromatic carbocycles. The van der Waals surface area contributed by atoms with Gasteiger partial charge in [0, 0.05) is 13.1 Å². The maximum absolute atomic E-state index is 12.0. The van der Waals surface area contributed by atoms with Crippen LogP contribution in [0.4, 0.5) is 0 Å². The Morgan fingerprint density at radius 3 is 3.00 bits per heavy atom. The molecular weight excluding hydrogens is 228 g/mol. The number of hydrogen-bond donors (Lipinski definition) is 2. The molecule has 4 nitrogen and oxygen atoms in total. The highest BCUT2D eigenvalue weighted by Crippen LogP contribution is 2.16. The third-order valence-electron chi connectivity index (χ3n) is 3.46. The Balaban J connectivity index is 1.88. The van der Waals surface area contributed by atoms with Crippen LogP contribution in [0.15, 0.2) is 24.3 Å². The van der Waals surface area contributed by atoms with Gasteiger partial charge in [-0.15, -0.1) is 0 Å². The van der Waals surface area contributed by atoms with Crippen molar-refractivity contribution in [2.75, 3.05) is 20.2 Å². The van der Waals surface area contributed by atoms with Gasteiger partial charge < -0.3 is 15.4 Å². The summed E-state index contributed by atoms with van der Waals surface area (Å²) in [5.74, 6) is 1.46. The third kappa shape index (κ3) is 3.01. The molecule has 18 heavy (non-hydrogen) atoms. The molecule has 4 heteroatoms. The molecule has 1 fully saturated rings. The molecule has 0 radical (unpaired) electrons. The maximum Gasteiger partial charge on any atom is 0.224 e. The van der Waals surface area contributed by atoms with E-state index in [0.717, 1.165) is 24.4 Å². The Morgan fingerprint density at radius 1 is 1.50 bits per heavy atom. The van der Waals surface area contributed by atoms with Gasteiger partial charge in [0.2, 0.25) is 5.91 Å². The van der Waals surface area contributed by atoms with Crippen LogP contribution in [-0.4, -0.2) is 26.1 Å². The number of nitrogens with one attached hydrogen (secondary N) is 2. The lowest BCUT2D eigenvalue weighted by Gasteiger charge is -2.14. The predicted octanol–water partition coefficient (Wildman–Crippen LogP) is 1.17. The first-order valence-corrected chi connectivity index (χ1v) is 6.32. The minimum atomic E-state index is 0.0932. The normalized spacial score (nSPS) is 22.8. The number of amides is 1. The maximum atomic E-state index is 12.0. The van der Waals surface area contributed by atoms with Gasteiger partial charge in [-0.3, -0.25) is 4.79 Å². The topological polar surface area (TPSA) is 50.4 Å². The number of carbonyl (C=O) groups is 1. The van der Waals surface area contributed by atoms with Crippen LogP contribution in [0.2, 0.25) is 0 Å². The zero-order valence-corrected chi connectivity index (χ0v) is 10.9. The molecule has 1 aliphatic heterocycles. The second-order valence-electron chi connectivity index (χ2n) is 4.81. The molecule has 1 amide bonds. The first-order chi connectivity index (χ1) is 8.70. The van der Waals surface area contributed by atoms with Crippen LogP contribution in [0, 0.1) is 11.8 Å². The van der Waals surface area contributed by atoms with Gasteiger partial charge in [-0.2, -0.15) is 0 Å². The van der Waals surface area contributed by atoms with Crippen LogP contribution in [0.1, 0.15) is 12.5 Å². The van der Waals surface area contributed by atoms with Gasteiger partial charge in [0.15, 0.2) is 0 Å². The molecule has 0 bridgehead atoms. The molecule has 1 saturated heterocycles. The summed E-state index contributed by atoms with van der Waals surface area (Å²) in [6.45, 7) is 4.37. The Kier molecular flexibility index (Phi) is 4.20. The van der Waals surface area contributed by atoms with Crippen LogP contribution in [0.25, 0.3) is 0 Å². The van der Waals surface area contributed by atoms with Gasteiger partial charge in [-0.1, -0.05) is 19.1 Å². The van der Waals surface area contributed by atoms with Gasteiger partial charge in [-0.25, -0.2) is 0 Å². The van der Waals surface area contributed by atoms with Gasteiger partial charge in [-0.05, 0) is 30.2 Å². The number of hydrogen-bond acceptors (Lipinski definition) is 3. The minimum Gasteiger partial charge on any atom is -0.497 e. The first kappa shape index (κ1) is 12.9. The third-order valence-corrected chi connectivity index (χ3v) is 3.46. The number of methoxy groups -OCH3 is 1. The lowest BCUT2D eigenvalue weighted by atomic mass is 9.97. The highest BCUT2D eigenvalue weighted by atomic mass is 16.5. The van der Waals surface area contributed by atoms with Crippen molar-refractivity contribution in [2.45, 2.75) is 13.5 Å². The quantitative estimate of drug-likeness (QED) is 0.841. The number of ether oxygens (including phenoxy) is 1. The molecule has 2 unspecified atom stereocenters. The Morgan fingerprint density at radius 2 is 2.33 bits per heavy atom. The second-order valence-corrected chi connectivity index (χ2v) is 4.81. The van der Waals surface area contributed by atoms with E-state index < -0.39 is 0 Å². The van der Waals surface area contributed by atoms with Crippen molar-refractivity contribution in [2.24, 2.45) is 11.8 Å². The van der Waals surface area contributed by atoms with E-state index in [1.165, 1.54) is 0 Å². The van der Waals surface area contributed by atoms with Gasteiger partial charge in [0.05, 0.1) is 13.0 Å². The fourth-order valence-electron chi connectivity index (χ4n) is 2.26. The SMILES string of the molecule is COc1cccc(CNC(=O)C2CNCC2C)c1. The minimum absolute atomic E-state index is 0.0932. The smallest absolute Gasteiger partial charge is 0.224 e. The lowest BCUT2D eigenvalue weighted by Crippen LogP contribution is -2.33. The molecule has 1 aliphatic rings. The molecule has 2 atom stereocenters. The van der Waals surface area contributed by atoms with Crippen LogP contribution >= 0.6 is 0 Å². The molecule has 0 aliphatic carbocycles. The number of benzene rings is 1. The molecule has 98 valence electrons.